The summed E-state index contributed by atoms with van der Waals surface area (Å²) in [4.78, 5) is 12.4. The number of carbonyl (C=O) groups is 1. The average molecular weight is 389 g/mol. The normalized spacial score (nSPS) is 12.5. The van der Waals surface area contributed by atoms with Crippen LogP contribution in [0.4, 0.5) is 20.2 Å². The van der Waals surface area contributed by atoms with E-state index in [-0.39, 0.29) is 11.4 Å². The molecule has 2 aromatic rings. The standard InChI is InChI=1S/C16H15ClF2N2O3S/c1-10(16(22)20-15-7-6-12(18)9-14(15)19)21(25(2,23)24)13-5-3-4-11(17)8-13/h3-10H,1-2H3,(H,20,22)/t10-/m1/s1. The lowest BCUT2D eigenvalue weighted by Gasteiger charge is -2.28. The number of carbonyl (C=O) groups excluding carboxylic acids is 1. The highest BCUT2D eigenvalue weighted by Gasteiger charge is 2.29. The van der Waals surface area contributed by atoms with Gasteiger partial charge in [-0.3, -0.25) is 9.10 Å². The van der Waals surface area contributed by atoms with E-state index in [0.29, 0.717) is 11.1 Å². The summed E-state index contributed by atoms with van der Waals surface area (Å²) in [6.07, 6.45) is 0.941. The average Bonchev–Trinajstić information content (AvgIpc) is 2.48. The van der Waals surface area contributed by atoms with Gasteiger partial charge >= 0.3 is 0 Å². The summed E-state index contributed by atoms with van der Waals surface area (Å²) in [5, 5.41) is 2.55. The Kier molecular flexibility index (Phi) is 5.64. The minimum atomic E-state index is -3.83. The summed E-state index contributed by atoms with van der Waals surface area (Å²) in [6.45, 7) is 1.35. The first kappa shape index (κ1) is 19.1. The fraction of sp³-hybridized carbons (Fsp3) is 0.188. The van der Waals surface area contributed by atoms with Crippen molar-refractivity contribution in [3.63, 3.8) is 0 Å². The third-order valence-corrected chi connectivity index (χ3v) is 4.82. The molecule has 0 radical (unpaired) electrons. The molecular weight excluding hydrogens is 374 g/mol. The molecule has 25 heavy (non-hydrogen) atoms. The Morgan fingerprint density at radius 1 is 1.20 bits per heavy atom. The molecule has 0 aliphatic heterocycles. The molecule has 9 heteroatoms. The first-order valence-corrected chi connectivity index (χ1v) is 9.33. The second-order valence-corrected chi connectivity index (χ2v) is 7.62. The van der Waals surface area contributed by atoms with Gasteiger partial charge < -0.3 is 5.32 Å². The molecule has 0 saturated carbocycles. The van der Waals surface area contributed by atoms with Crippen molar-refractivity contribution < 1.29 is 22.0 Å². The topological polar surface area (TPSA) is 66.5 Å². The van der Waals surface area contributed by atoms with E-state index in [1.54, 1.807) is 12.1 Å². The first-order chi connectivity index (χ1) is 11.6. The molecule has 0 aliphatic carbocycles. The molecular formula is C16H15ClF2N2O3S. The van der Waals surface area contributed by atoms with Crippen LogP contribution >= 0.6 is 11.6 Å². The fourth-order valence-corrected chi connectivity index (χ4v) is 3.60. The zero-order valence-electron chi connectivity index (χ0n) is 13.3. The van der Waals surface area contributed by atoms with E-state index >= 15 is 0 Å². The molecule has 1 N–H and O–H groups in total. The number of benzene rings is 2. The van der Waals surface area contributed by atoms with Gasteiger partial charge in [0.2, 0.25) is 15.9 Å². The number of hydrogen-bond acceptors (Lipinski definition) is 3. The van der Waals surface area contributed by atoms with Crippen LogP contribution in [0.15, 0.2) is 42.5 Å². The molecule has 0 bridgehead atoms. The predicted octanol–water partition coefficient (Wildman–Crippen LogP) is 3.41. The number of anilines is 2. The van der Waals surface area contributed by atoms with E-state index in [0.717, 1.165) is 22.7 Å². The number of halogens is 3. The van der Waals surface area contributed by atoms with E-state index < -0.39 is 33.6 Å². The van der Waals surface area contributed by atoms with Gasteiger partial charge in [-0.05, 0) is 37.3 Å². The SMILES string of the molecule is C[C@H](C(=O)Nc1ccc(F)cc1F)N(c1cccc(Cl)c1)S(C)(=O)=O. The van der Waals surface area contributed by atoms with E-state index in [1.165, 1.54) is 19.1 Å². The van der Waals surface area contributed by atoms with Crippen LogP contribution in [0.25, 0.3) is 0 Å². The van der Waals surface area contributed by atoms with E-state index in [9.17, 15) is 22.0 Å². The summed E-state index contributed by atoms with van der Waals surface area (Å²) in [5.74, 6) is -2.54. The van der Waals surface area contributed by atoms with Crippen molar-refractivity contribution in [3.8, 4) is 0 Å². The van der Waals surface area contributed by atoms with Crippen molar-refractivity contribution in [3.05, 3.63) is 59.1 Å². The maximum atomic E-state index is 13.7. The molecule has 1 amide bonds. The Labute approximate surface area is 149 Å². The Bertz CT molecular complexity index is 906. The lowest BCUT2D eigenvalue weighted by atomic mass is 10.2. The Morgan fingerprint density at radius 2 is 1.88 bits per heavy atom. The molecule has 0 heterocycles. The van der Waals surface area contributed by atoms with Crippen molar-refractivity contribution in [2.75, 3.05) is 15.9 Å². The van der Waals surface area contributed by atoms with E-state index in [1.807, 2.05) is 0 Å². The monoisotopic (exact) mass is 388 g/mol. The van der Waals surface area contributed by atoms with Crippen molar-refractivity contribution >= 4 is 38.9 Å². The number of nitrogens with zero attached hydrogens (tertiary/aromatic N) is 1. The third-order valence-electron chi connectivity index (χ3n) is 3.34. The molecule has 0 aromatic heterocycles. The van der Waals surface area contributed by atoms with Gasteiger partial charge in [-0.25, -0.2) is 17.2 Å². The Hall–Kier alpha value is -2.19. The van der Waals surface area contributed by atoms with Crippen molar-refractivity contribution in [2.24, 2.45) is 0 Å². The highest BCUT2D eigenvalue weighted by atomic mass is 35.5. The van der Waals surface area contributed by atoms with Gasteiger partial charge in [-0.1, -0.05) is 17.7 Å². The summed E-state index contributed by atoms with van der Waals surface area (Å²) in [5.41, 5.74) is -0.0602. The third kappa shape index (κ3) is 4.67. The van der Waals surface area contributed by atoms with Crippen molar-refractivity contribution in [2.45, 2.75) is 13.0 Å². The van der Waals surface area contributed by atoms with Gasteiger partial charge in [0.05, 0.1) is 17.6 Å². The summed E-state index contributed by atoms with van der Waals surface area (Å²) >= 11 is 5.88. The van der Waals surface area contributed by atoms with E-state index in [4.69, 9.17) is 11.6 Å². The quantitative estimate of drug-likeness (QED) is 0.853. The number of amides is 1. The maximum Gasteiger partial charge on any atom is 0.248 e. The second kappa shape index (κ2) is 7.37. The molecule has 1 atom stereocenters. The number of hydrogen-bond donors (Lipinski definition) is 1. The minimum Gasteiger partial charge on any atom is -0.322 e. The van der Waals surface area contributed by atoms with Gasteiger partial charge in [0, 0.05) is 11.1 Å². The molecule has 2 rings (SSSR count). The number of sulfonamides is 1. The molecule has 2 aromatic carbocycles. The first-order valence-electron chi connectivity index (χ1n) is 7.10. The summed E-state index contributed by atoms with van der Waals surface area (Å²) in [6, 6.07) is 7.43. The lowest BCUT2D eigenvalue weighted by molar-refractivity contribution is -0.116. The van der Waals surface area contributed by atoms with Gasteiger partial charge in [-0.15, -0.1) is 0 Å². The van der Waals surface area contributed by atoms with Gasteiger partial charge in [0.25, 0.3) is 0 Å². The molecule has 0 saturated heterocycles. The van der Waals surface area contributed by atoms with Crippen molar-refractivity contribution in [1.29, 1.82) is 0 Å². The molecule has 5 nitrogen and oxygen atoms in total. The van der Waals surface area contributed by atoms with Crippen molar-refractivity contribution in [1.82, 2.24) is 0 Å². The summed E-state index contributed by atoms with van der Waals surface area (Å²) < 4.78 is 51.8. The van der Waals surface area contributed by atoms with Gasteiger partial charge in [-0.2, -0.15) is 0 Å². The minimum absolute atomic E-state index is 0.192. The highest BCUT2D eigenvalue weighted by molar-refractivity contribution is 7.92. The zero-order valence-corrected chi connectivity index (χ0v) is 14.9. The highest BCUT2D eigenvalue weighted by Crippen LogP contribution is 2.25. The van der Waals surface area contributed by atoms with Crippen LogP contribution in [0.3, 0.4) is 0 Å². The van der Waals surface area contributed by atoms with Crippen LogP contribution < -0.4 is 9.62 Å². The Morgan fingerprint density at radius 3 is 2.44 bits per heavy atom. The largest absolute Gasteiger partial charge is 0.322 e. The van der Waals surface area contributed by atoms with Crippen LogP contribution in [-0.2, 0) is 14.8 Å². The fourth-order valence-electron chi connectivity index (χ4n) is 2.25. The smallest absolute Gasteiger partial charge is 0.248 e. The van der Waals surface area contributed by atoms with Crippen LogP contribution in [0.2, 0.25) is 5.02 Å². The van der Waals surface area contributed by atoms with Gasteiger partial charge in [0.15, 0.2) is 0 Å². The van der Waals surface area contributed by atoms with Crippen LogP contribution in [0, 0.1) is 11.6 Å². The summed E-state index contributed by atoms with van der Waals surface area (Å²) in [7, 11) is -3.83. The Balaban J connectivity index is 2.33. The molecule has 0 fully saturated rings. The maximum absolute atomic E-state index is 13.7. The number of rotatable bonds is 5. The number of nitrogens with one attached hydrogen (secondary N) is 1. The van der Waals surface area contributed by atoms with Crippen LogP contribution in [0.5, 0.6) is 0 Å². The lowest BCUT2D eigenvalue weighted by Crippen LogP contribution is -2.45. The molecule has 0 aliphatic rings. The molecule has 0 unspecified atom stereocenters. The van der Waals surface area contributed by atoms with E-state index in [2.05, 4.69) is 5.32 Å². The van der Waals surface area contributed by atoms with Crippen LogP contribution in [0.1, 0.15) is 6.92 Å². The predicted molar refractivity (Wildman–Crippen MR) is 93.2 cm³/mol. The molecule has 134 valence electrons. The van der Waals surface area contributed by atoms with Crippen LogP contribution in [-0.4, -0.2) is 26.6 Å². The van der Waals surface area contributed by atoms with Gasteiger partial charge in [0.1, 0.15) is 17.7 Å². The zero-order chi connectivity index (χ0) is 18.8. The molecule has 0 spiro atoms. The second-order valence-electron chi connectivity index (χ2n) is 5.33.